The van der Waals surface area contributed by atoms with Gasteiger partial charge in [0, 0.05) is 6.42 Å². The molecule has 0 unspecified atom stereocenters. The van der Waals surface area contributed by atoms with Crippen molar-refractivity contribution < 1.29 is 19.1 Å². The number of ether oxygens (including phenoxy) is 2. The highest BCUT2D eigenvalue weighted by Crippen LogP contribution is 2.17. The SMILES string of the molecule is CCOC(=O)CCC(=O)N[C@@H](C)c1ccc(OC)cc1. The fourth-order valence-electron chi connectivity index (χ4n) is 1.74. The maximum atomic E-state index is 11.7. The van der Waals surface area contributed by atoms with E-state index in [0.29, 0.717) is 6.61 Å². The van der Waals surface area contributed by atoms with E-state index in [4.69, 9.17) is 9.47 Å². The summed E-state index contributed by atoms with van der Waals surface area (Å²) in [5, 5.41) is 2.84. The van der Waals surface area contributed by atoms with Crippen LogP contribution in [0.4, 0.5) is 0 Å². The van der Waals surface area contributed by atoms with Gasteiger partial charge in [-0.05, 0) is 31.5 Å². The summed E-state index contributed by atoms with van der Waals surface area (Å²) < 4.78 is 9.85. The monoisotopic (exact) mass is 279 g/mol. The second kappa shape index (κ2) is 8.19. The number of nitrogens with one attached hydrogen (secondary N) is 1. The lowest BCUT2D eigenvalue weighted by atomic mass is 10.1. The van der Waals surface area contributed by atoms with Gasteiger partial charge in [-0.2, -0.15) is 0 Å². The Bertz CT molecular complexity index is 442. The topological polar surface area (TPSA) is 64.6 Å². The smallest absolute Gasteiger partial charge is 0.306 e. The van der Waals surface area contributed by atoms with E-state index in [2.05, 4.69) is 5.32 Å². The number of carbonyl (C=O) groups excluding carboxylic acids is 2. The van der Waals surface area contributed by atoms with Crippen molar-refractivity contribution in [2.75, 3.05) is 13.7 Å². The Hall–Kier alpha value is -2.04. The second-order valence-electron chi connectivity index (χ2n) is 4.37. The molecule has 1 aromatic carbocycles. The Morgan fingerprint density at radius 2 is 1.85 bits per heavy atom. The minimum Gasteiger partial charge on any atom is -0.497 e. The molecule has 0 saturated heterocycles. The van der Waals surface area contributed by atoms with Gasteiger partial charge in [0.2, 0.25) is 5.91 Å². The summed E-state index contributed by atoms with van der Waals surface area (Å²) in [4.78, 5) is 22.9. The van der Waals surface area contributed by atoms with E-state index in [1.807, 2.05) is 31.2 Å². The summed E-state index contributed by atoms with van der Waals surface area (Å²) in [6.07, 6.45) is 0.244. The van der Waals surface area contributed by atoms with Gasteiger partial charge in [0.25, 0.3) is 0 Å². The third-order valence-electron chi connectivity index (χ3n) is 2.85. The molecule has 0 aromatic heterocycles. The van der Waals surface area contributed by atoms with Crippen LogP contribution in [-0.2, 0) is 14.3 Å². The molecule has 0 heterocycles. The number of carbonyl (C=O) groups is 2. The van der Waals surface area contributed by atoms with Crippen molar-refractivity contribution in [1.29, 1.82) is 0 Å². The second-order valence-corrected chi connectivity index (χ2v) is 4.37. The Kier molecular flexibility index (Phi) is 6.56. The Balaban J connectivity index is 2.42. The van der Waals surface area contributed by atoms with Crippen LogP contribution in [0.3, 0.4) is 0 Å². The fraction of sp³-hybridized carbons (Fsp3) is 0.467. The number of amides is 1. The summed E-state index contributed by atoms with van der Waals surface area (Å²) in [6, 6.07) is 7.37. The van der Waals surface area contributed by atoms with Crippen LogP contribution in [0.5, 0.6) is 5.75 Å². The van der Waals surface area contributed by atoms with Gasteiger partial charge in [-0.25, -0.2) is 0 Å². The minimum absolute atomic E-state index is 0.106. The van der Waals surface area contributed by atoms with Crippen LogP contribution in [0.25, 0.3) is 0 Å². The fourth-order valence-corrected chi connectivity index (χ4v) is 1.74. The molecule has 20 heavy (non-hydrogen) atoms. The average Bonchev–Trinajstić information content (AvgIpc) is 2.45. The maximum absolute atomic E-state index is 11.7. The van der Waals surface area contributed by atoms with Gasteiger partial charge in [-0.1, -0.05) is 12.1 Å². The normalized spacial score (nSPS) is 11.6. The first kappa shape index (κ1) is 16.0. The van der Waals surface area contributed by atoms with Crippen LogP contribution >= 0.6 is 0 Å². The van der Waals surface area contributed by atoms with E-state index in [1.165, 1.54) is 0 Å². The van der Waals surface area contributed by atoms with Crippen molar-refractivity contribution in [3.63, 3.8) is 0 Å². The largest absolute Gasteiger partial charge is 0.497 e. The first-order valence-corrected chi connectivity index (χ1v) is 6.65. The summed E-state index contributed by atoms with van der Waals surface area (Å²) in [6.45, 7) is 3.97. The molecule has 0 aliphatic rings. The van der Waals surface area contributed by atoms with E-state index < -0.39 is 0 Å². The highest BCUT2D eigenvalue weighted by Gasteiger charge is 2.11. The zero-order chi connectivity index (χ0) is 15.0. The molecule has 110 valence electrons. The predicted octanol–water partition coefficient (Wildman–Crippen LogP) is 2.22. The third kappa shape index (κ3) is 5.30. The molecule has 0 spiro atoms. The molecule has 1 amide bonds. The zero-order valence-corrected chi connectivity index (χ0v) is 12.1. The number of esters is 1. The van der Waals surface area contributed by atoms with Crippen molar-refractivity contribution >= 4 is 11.9 Å². The van der Waals surface area contributed by atoms with Crippen molar-refractivity contribution in [2.45, 2.75) is 32.7 Å². The Morgan fingerprint density at radius 1 is 1.20 bits per heavy atom. The molecule has 0 saturated carbocycles. The quantitative estimate of drug-likeness (QED) is 0.777. The van der Waals surface area contributed by atoms with Gasteiger partial charge < -0.3 is 14.8 Å². The maximum Gasteiger partial charge on any atom is 0.306 e. The summed E-state index contributed by atoms with van der Waals surface area (Å²) in [7, 11) is 1.61. The van der Waals surface area contributed by atoms with Crippen LogP contribution in [0.2, 0.25) is 0 Å². The lowest BCUT2D eigenvalue weighted by molar-refractivity contribution is -0.144. The highest BCUT2D eigenvalue weighted by atomic mass is 16.5. The van der Waals surface area contributed by atoms with Gasteiger partial charge in [0.05, 0.1) is 26.2 Å². The van der Waals surface area contributed by atoms with Gasteiger partial charge >= 0.3 is 5.97 Å². The van der Waals surface area contributed by atoms with Crippen molar-refractivity contribution in [2.24, 2.45) is 0 Å². The van der Waals surface area contributed by atoms with E-state index in [0.717, 1.165) is 11.3 Å². The molecule has 1 N–H and O–H groups in total. The van der Waals surface area contributed by atoms with Crippen molar-refractivity contribution in [3.05, 3.63) is 29.8 Å². The summed E-state index contributed by atoms with van der Waals surface area (Å²) in [5.74, 6) is 0.260. The van der Waals surface area contributed by atoms with Gasteiger partial charge in [-0.15, -0.1) is 0 Å². The number of hydrogen-bond donors (Lipinski definition) is 1. The number of rotatable bonds is 7. The van der Waals surface area contributed by atoms with Crippen molar-refractivity contribution in [1.82, 2.24) is 5.32 Å². The van der Waals surface area contributed by atoms with Crippen molar-refractivity contribution in [3.8, 4) is 5.75 Å². The van der Waals surface area contributed by atoms with E-state index in [9.17, 15) is 9.59 Å². The molecule has 0 aliphatic carbocycles. The molecule has 0 radical (unpaired) electrons. The lowest BCUT2D eigenvalue weighted by Gasteiger charge is -2.14. The number of methoxy groups -OCH3 is 1. The molecule has 0 aliphatic heterocycles. The molecular formula is C15H21NO4. The van der Waals surface area contributed by atoms with Crippen LogP contribution < -0.4 is 10.1 Å². The third-order valence-corrected chi connectivity index (χ3v) is 2.85. The van der Waals surface area contributed by atoms with Crippen LogP contribution in [-0.4, -0.2) is 25.6 Å². The molecular weight excluding hydrogens is 258 g/mol. The van der Waals surface area contributed by atoms with E-state index in [1.54, 1.807) is 14.0 Å². The predicted molar refractivity (Wildman–Crippen MR) is 75.4 cm³/mol. The lowest BCUT2D eigenvalue weighted by Crippen LogP contribution is -2.27. The molecule has 5 nitrogen and oxygen atoms in total. The molecule has 1 rings (SSSR count). The van der Waals surface area contributed by atoms with Crippen LogP contribution in [0, 0.1) is 0 Å². The average molecular weight is 279 g/mol. The summed E-state index contributed by atoms with van der Waals surface area (Å²) >= 11 is 0. The standard InChI is InChI=1S/C15H21NO4/c1-4-20-15(18)10-9-14(17)16-11(2)12-5-7-13(19-3)8-6-12/h5-8,11H,4,9-10H2,1-3H3,(H,16,17)/t11-/m0/s1. The highest BCUT2D eigenvalue weighted by molar-refractivity contribution is 5.81. The first-order chi connectivity index (χ1) is 9.56. The summed E-state index contributed by atoms with van der Waals surface area (Å²) in [5.41, 5.74) is 0.982. The number of hydrogen-bond acceptors (Lipinski definition) is 4. The Morgan fingerprint density at radius 3 is 2.40 bits per heavy atom. The molecule has 1 atom stereocenters. The number of benzene rings is 1. The molecule has 0 bridgehead atoms. The van der Waals surface area contributed by atoms with E-state index >= 15 is 0 Å². The Labute approximate surface area is 119 Å². The first-order valence-electron chi connectivity index (χ1n) is 6.65. The van der Waals surface area contributed by atoms with E-state index in [-0.39, 0.29) is 30.8 Å². The zero-order valence-electron chi connectivity index (χ0n) is 12.1. The van der Waals surface area contributed by atoms with Gasteiger partial charge in [0.15, 0.2) is 0 Å². The van der Waals surface area contributed by atoms with Crippen LogP contribution in [0.1, 0.15) is 38.3 Å². The van der Waals surface area contributed by atoms with Gasteiger partial charge in [-0.3, -0.25) is 9.59 Å². The van der Waals surface area contributed by atoms with Crippen LogP contribution in [0.15, 0.2) is 24.3 Å². The minimum atomic E-state index is -0.347. The molecule has 1 aromatic rings. The molecule has 5 heteroatoms. The molecule has 0 fully saturated rings. The van der Waals surface area contributed by atoms with Gasteiger partial charge in [0.1, 0.15) is 5.75 Å².